The summed E-state index contributed by atoms with van der Waals surface area (Å²) in [4.78, 5) is 8.34. The Hall–Kier alpha value is -0.450. The van der Waals surface area contributed by atoms with E-state index in [-0.39, 0.29) is 0 Å². The van der Waals surface area contributed by atoms with E-state index in [2.05, 4.69) is 36.1 Å². The molecule has 1 aromatic rings. The van der Waals surface area contributed by atoms with Crippen LogP contribution in [-0.2, 0) is 6.54 Å². The molecule has 1 aliphatic rings. The third kappa shape index (κ3) is 3.76. The van der Waals surface area contributed by atoms with Gasteiger partial charge in [-0.2, -0.15) is 0 Å². The Bertz CT molecular complexity index is 342. The van der Waals surface area contributed by atoms with Crippen LogP contribution < -0.4 is 5.32 Å². The normalized spacial score (nSPS) is 21.9. The zero-order valence-corrected chi connectivity index (χ0v) is 11.9. The van der Waals surface area contributed by atoms with Gasteiger partial charge >= 0.3 is 0 Å². The van der Waals surface area contributed by atoms with Crippen molar-refractivity contribution in [2.75, 3.05) is 26.7 Å². The number of aromatic nitrogens is 1. The van der Waals surface area contributed by atoms with Crippen LogP contribution in [-0.4, -0.2) is 36.6 Å². The van der Waals surface area contributed by atoms with E-state index in [1.54, 1.807) is 0 Å². The van der Waals surface area contributed by atoms with E-state index >= 15 is 0 Å². The highest BCUT2D eigenvalue weighted by molar-refractivity contribution is 7.11. The summed E-state index contributed by atoms with van der Waals surface area (Å²) in [7, 11) is 2.22. The summed E-state index contributed by atoms with van der Waals surface area (Å²) >= 11 is 1.82. The number of aryl methyl sites for hydroxylation is 2. The smallest absolute Gasteiger partial charge is 0.107 e. The minimum absolute atomic E-state index is 0.816. The van der Waals surface area contributed by atoms with Crippen LogP contribution >= 0.6 is 11.3 Å². The lowest BCUT2D eigenvalue weighted by Gasteiger charge is -2.29. The number of rotatable bonds is 4. The maximum atomic E-state index is 4.55. The van der Waals surface area contributed by atoms with Gasteiger partial charge in [0.05, 0.1) is 5.69 Å². The summed E-state index contributed by atoms with van der Waals surface area (Å²) in [6.45, 7) is 8.80. The summed E-state index contributed by atoms with van der Waals surface area (Å²) in [6, 6.07) is 0. The van der Waals surface area contributed by atoms with Gasteiger partial charge in [0.2, 0.25) is 0 Å². The molecule has 0 bridgehead atoms. The molecule has 1 N–H and O–H groups in total. The third-order valence-electron chi connectivity index (χ3n) is 3.50. The summed E-state index contributed by atoms with van der Waals surface area (Å²) < 4.78 is 0. The van der Waals surface area contributed by atoms with Crippen molar-refractivity contribution in [1.82, 2.24) is 15.2 Å². The topological polar surface area (TPSA) is 28.2 Å². The van der Waals surface area contributed by atoms with E-state index in [1.807, 2.05) is 11.3 Å². The Morgan fingerprint density at radius 2 is 2.29 bits per heavy atom. The molecule has 96 valence electrons. The molecule has 1 saturated heterocycles. The number of likely N-dealkylation sites (tertiary alicyclic amines) is 1. The standard InChI is InChI=1S/C13H23N3S/c1-10-11(2)17-13(15-10)8-14-7-12-5-4-6-16(3)9-12/h12,14H,4-9H2,1-3H3. The molecule has 1 unspecified atom stereocenters. The van der Waals surface area contributed by atoms with Gasteiger partial charge in [-0.1, -0.05) is 0 Å². The number of nitrogens with one attached hydrogen (secondary N) is 1. The van der Waals surface area contributed by atoms with Crippen LogP contribution in [0.4, 0.5) is 0 Å². The van der Waals surface area contributed by atoms with Crippen molar-refractivity contribution >= 4 is 11.3 Å². The minimum Gasteiger partial charge on any atom is -0.310 e. The summed E-state index contributed by atoms with van der Waals surface area (Å²) in [6.07, 6.45) is 2.71. The fourth-order valence-corrected chi connectivity index (χ4v) is 3.34. The summed E-state index contributed by atoms with van der Waals surface area (Å²) in [5.74, 6) is 0.816. The molecule has 0 spiro atoms. The van der Waals surface area contributed by atoms with Crippen molar-refractivity contribution in [1.29, 1.82) is 0 Å². The fraction of sp³-hybridized carbons (Fsp3) is 0.769. The summed E-state index contributed by atoms with van der Waals surface area (Å²) in [5, 5.41) is 4.78. The molecular weight excluding hydrogens is 230 g/mol. The van der Waals surface area contributed by atoms with E-state index in [0.29, 0.717) is 0 Å². The van der Waals surface area contributed by atoms with E-state index in [0.717, 1.165) is 19.0 Å². The van der Waals surface area contributed by atoms with Crippen molar-refractivity contribution in [3.8, 4) is 0 Å². The van der Waals surface area contributed by atoms with Crippen molar-refractivity contribution in [3.63, 3.8) is 0 Å². The molecule has 1 aromatic heterocycles. The quantitative estimate of drug-likeness (QED) is 0.891. The average Bonchev–Trinajstić information content (AvgIpc) is 2.58. The Morgan fingerprint density at radius 1 is 1.47 bits per heavy atom. The molecule has 0 radical (unpaired) electrons. The second-order valence-electron chi connectivity index (χ2n) is 5.15. The van der Waals surface area contributed by atoms with Gasteiger partial charge in [-0.05, 0) is 52.7 Å². The van der Waals surface area contributed by atoms with Gasteiger partial charge in [-0.25, -0.2) is 4.98 Å². The Kier molecular flexibility index (Phi) is 4.54. The predicted octanol–water partition coefficient (Wildman–Crippen LogP) is 2.19. The first-order valence-corrected chi connectivity index (χ1v) is 7.29. The van der Waals surface area contributed by atoms with Crippen LogP contribution in [0.3, 0.4) is 0 Å². The number of piperidine rings is 1. The van der Waals surface area contributed by atoms with Gasteiger partial charge in [0.15, 0.2) is 0 Å². The fourth-order valence-electron chi connectivity index (χ4n) is 2.44. The van der Waals surface area contributed by atoms with Crippen LogP contribution in [0, 0.1) is 19.8 Å². The highest BCUT2D eigenvalue weighted by atomic mass is 32.1. The van der Waals surface area contributed by atoms with Crippen molar-refractivity contribution < 1.29 is 0 Å². The molecule has 1 atom stereocenters. The molecule has 1 aliphatic heterocycles. The first-order chi connectivity index (χ1) is 8.15. The Labute approximate surface area is 108 Å². The van der Waals surface area contributed by atoms with Crippen LogP contribution in [0.1, 0.15) is 28.4 Å². The van der Waals surface area contributed by atoms with Gasteiger partial charge in [-0.3, -0.25) is 0 Å². The molecule has 4 heteroatoms. The van der Waals surface area contributed by atoms with Crippen molar-refractivity contribution in [2.24, 2.45) is 5.92 Å². The second kappa shape index (κ2) is 5.94. The Morgan fingerprint density at radius 3 is 2.94 bits per heavy atom. The molecule has 0 aromatic carbocycles. The number of thiazole rings is 1. The highest BCUT2D eigenvalue weighted by Gasteiger charge is 2.16. The van der Waals surface area contributed by atoms with Crippen molar-refractivity contribution in [2.45, 2.75) is 33.2 Å². The highest BCUT2D eigenvalue weighted by Crippen LogP contribution is 2.17. The predicted molar refractivity (Wildman–Crippen MR) is 73.5 cm³/mol. The first-order valence-electron chi connectivity index (χ1n) is 6.47. The maximum Gasteiger partial charge on any atom is 0.107 e. The monoisotopic (exact) mass is 253 g/mol. The molecular formula is C13H23N3S. The molecule has 17 heavy (non-hydrogen) atoms. The molecule has 0 amide bonds. The number of hydrogen-bond donors (Lipinski definition) is 1. The van der Waals surface area contributed by atoms with Gasteiger partial charge in [-0.15, -0.1) is 11.3 Å². The SMILES string of the molecule is Cc1nc(CNCC2CCCN(C)C2)sc1C. The number of nitrogens with zero attached hydrogens (tertiary/aromatic N) is 2. The zero-order valence-electron chi connectivity index (χ0n) is 11.1. The van der Waals surface area contributed by atoms with Crippen LogP contribution in [0.5, 0.6) is 0 Å². The molecule has 0 saturated carbocycles. The largest absolute Gasteiger partial charge is 0.310 e. The van der Waals surface area contributed by atoms with Gasteiger partial charge in [0.1, 0.15) is 5.01 Å². The van der Waals surface area contributed by atoms with E-state index in [4.69, 9.17) is 0 Å². The lowest BCUT2D eigenvalue weighted by molar-refractivity contribution is 0.206. The van der Waals surface area contributed by atoms with Gasteiger partial charge in [0, 0.05) is 18.0 Å². The maximum absolute atomic E-state index is 4.55. The molecule has 2 heterocycles. The van der Waals surface area contributed by atoms with Crippen molar-refractivity contribution in [3.05, 3.63) is 15.6 Å². The first kappa shape index (κ1) is 13.0. The molecule has 2 rings (SSSR count). The summed E-state index contributed by atoms with van der Waals surface area (Å²) in [5.41, 5.74) is 1.18. The van der Waals surface area contributed by atoms with E-state index < -0.39 is 0 Å². The lowest BCUT2D eigenvalue weighted by atomic mass is 9.98. The zero-order chi connectivity index (χ0) is 12.3. The number of hydrogen-bond acceptors (Lipinski definition) is 4. The minimum atomic E-state index is 0.816. The third-order valence-corrected chi connectivity index (χ3v) is 4.58. The Balaban J connectivity index is 1.72. The molecule has 3 nitrogen and oxygen atoms in total. The van der Waals surface area contributed by atoms with Crippen LogP contribution in [0.2, 0.25) is 0 Å². The van der Waals surface area contributed by atoms with E-state index in [9.17, 15) is 0 Å². The molecule has 0 aliphatic carbocycles. The van der Waals surface area contributed by atoms with Gasteiger partial charge < -0.3 is 10.2 Å². The molecule has 1 fully saturated rings. The van der Waals surface area contributed by atoms with Crippen LogP contribution in [0.25, 0.3) is 0 Å². The lowest BCUT2D eigenvalue weighted by Crippen LogP contribution is -2.37. The average molecular weight is 253 g/mol. The van der Waals surface area contributed by atoms with E-state index in [1.165, 1.54) is 41.5 Å². The second-order valence-corrected chi connectivity index (χ2v) is 6.44. The van der Waals surface area contributed by atoms with Crippen LogP contribution in [0.15, 0.2) is 0 Å². The van der Waals surface area contributed by atoms with Gasteiger partial charge in [0.25, 0.3) is 0 Å².